The molecular weight excluding hydrogens is 302 g/mol. The van der Waals surface area contributed by atoms with Gasteiger partial charge in [0.25, 0.3) is 5.91 Å². The average molecular weight is 318 g/mol. The van der Waals surface area contributed by atoms with E-state index in [-0.39, 0.29) is 18.0 Å². The van der Waals surface area contributed by atoms with Gasteiger partial charge in [-0.15, -0.1) is 0 Å². The van der Waals surface area contributed by atoms with Gasteiger partial charge in [0.15, 0.2) is 11.6 Å². The van der Waals surface area contributed by atoms with Crippen LogP contribution in [0.2, 0.25) is 0 Å². The molecule has 0 heterocycles. The van der Waals surface area contributed by atoms with Crippen LogP contribution in [0.25, 0.3) is 0 Å². The van der Waals surface area contributed by atoms with Crippen LogP contribution >= 0.6 is 0 Å². The number of aryl methyl sites for hydroxylation is 1. The lowest BCUT2D eigenvalue weighted by molar-refractivity contribution is -0.120. The fourth-order valence-electron chi connectivity index (χ4n) is 1.96. The second-order valence-corrected chi connectivity index (χ2v) is 5.01. The van der Waals surface area contributed by atoms with Crippen molar-refractivity contribution in [1.82, 2.24) is 10.6 Å². The highest BCUT2D eigenvalue weighted by molar-refractivity contribution is 5.96. The largest absolute Gasteiger partial charge is 0.350 e. The molecule has 0 bridgehead atoms. The molecule has 0 unspecified atom stereocenters. The summed E-state index contributed by atoms with van der Waals surface area (Å²) >= 11 is 0. The minimum absolute atomic E-state index is 0.0457. The summed E-state index contributed by atoms with van der Waals surface area (Å²) in [6.07, 6.45) is 0. The zero-order valence-electron chi connectivity index (χ0n) is 12.5. The molecule has 2 amide bonds. The zero-order valence-corrected chi connectivity index (χ0v) is 12.5. The van der Waals surface area contributed by atoms with Gasteiger partial charge < -0.3 is 10.6 Å². The fraction of sp³-hybridized carbons (Fsp3) is 0.176. The van der Waals surface area contributed by atoms with Crippen molar-refractivity contribution in [3.05, 3.63) is 70.8 Å². The van der Waals surface area contributed by atoms with Crippen molar-refractivity contribution in [1.29, 1.82) is 0 Å². The lowest BCUT2D eigenvalue weighted by atomic mass is 10.1. The van der Waals surface area contributed by atoms with Crippen LogP contribution in [0.4, 0.5) is 8.78 Å². The van der Waals surface area contributed by atoms with Gasteiger partial charge in [-0.2, -0.15) is 0 Å². The number of halogens is 2. The first-order valence-electron chi connectivity index (χ1n) is 7.02. The lowest BCUT2D eigenvalue weighted by Gasteiger charge is -2.09. The van der Waals surface area contributed by atoms with Gasteiger partial charge in [0.2, 0.25) is 5.91 Å². The first-order chi connectivity index (χ1) is 11.0. The van der Waals surface area contributed by atoms with Crippen molar-refractivity contribution in [3.8, 4) is 0 Å². The summed E-state index contributed by atoms with van der Waals surface area (Å²) in [5.41, 5.74) is 1.99. The van der Waals surface area contributed by atoms with Crippen molar-refractivity contribution >= 4 is 11.8 Å². The van der Waals surface area contributed by atoms with Gasteiger partial charge in [-0.25, -0.2) is 8.78 Å². The summed E-state index contributed by atoms with van der Waals surface area (Å²) in [4.78, 5) is 23.5. The molecule has 2 aromatic rings. The van der Waals surface area contributed by atoms with E-state index in [1.54, 1.807) is 0 Å². The van der Waals surface area contributed by atoms with E-state index in [0.29, 0.717) is 6.54 Å². The molecule has 0 aliphatic rings. The Balaban J connectivity index is 1.83. The van der Waals surface area contributed by atoms with E-state index in [1.807, 2.05) is 31.2 Å². The van der Waals surface area contributed by atoms with Crippen LogP contribution in [0.5, 0.6) is 0 Å². The first kappa shape index (κ1) is 16.6. The molecule has 23 heavy (non-hydrogen) atoms. The van der Waals surface area contributed by atoms with Gasteiger partial charge in [-0.05, 0) is 36.2 Å². The van der Waals surface area contributed by atoms with Gasteiger partial charge in [0.1, 0.15) is 0 Å². The molecule has 0 radical (unpaired) electrons. The molecular formula is C17H16F2N2O2. The third-order valence-electron chi connectivity index (χ3n) is 3.33. The van der Waals surface area contributed by atoms with E-state index in [4.69, 9.17) is 0 Å². The maximum Gasteiger partial charge on any atom is 0.251 e. The van der Waals surface area contributed by atoms with Crippen molar-refractivity contribution in [2.75, 3.05) is 6.54 Å². The summed E-state index contributed by atoms with van der Waals surface area (Å²) in [5.74, 6) is -3.15. The average Bonchev–Trinajstić information content (AvgIpc) is 2.54. The highest BCUT2D eigenvalue weighted by Gasteiger charge is 2.11. The maximum atomic E-state index is 13.1. The van der Waals surface area contributed by atoms with Gasteiger partial charge in [-0.3, -0.25) is 9.59 Å². The summed E-state index contributed by atoms with van der Waals surface area (Å²) in [6, 6.07) is 10.4. The van der Waals surface area contributed by atoms with Crippen LogP contribution < -0.4 is 10.6 Å². The highest BCUT2D eigenvalue weighted by atomic mass is 19.2. The monoisotopic (exact) mass is 318 g/mol. The van der Waals surface area contributed by atoms with E-state index < -0.39 is 17.5 Å². The third-order valence-corrected chi connectivity index (χ3v) is 3.33. The lowest BCUT2D eigenvalue weighted by Crippen LogP contribution is -2.36. The first-order valence-corrected chi connectivity index (χ1v) is 7.02. The molecule has 0 fully saturated rings. The number of benzene rings is 2. The Morgan fingerprint density at radius 1 is 1.00 bits per heavy atom. The van der Waals surface area contributed by atoms with Gasteiger partial charge in [0, 0.05) is 12.1 Å². The van der Waals surface area contributed by atoms with Crippen molar-refractivity contribution in [2.24, 2.45) is 0 Å². The van der Waals surface area contributed by atoms with Crippen LogP contribution in [-0.4, -0.2) is 18.4 Å². The normalized spacial score (nSPS) is 10.2. The predicted molar refractivity (Wildman–Crippen MR) is 81.7 cm³/mol. The van der Waals surface area contributed by atoms with Gasteiger partial charge >= 0.3 is 0 Å². The summed E-state index contributed by atoms with van der Waals surface area (Å²) in [6.45, 7) is 2.04. The van der Waals surface area contributed by atoms with Crippen molar-refractivity contribution in [2.45, 2.75) is 13.5 Å². The molecule has 0 saturated carbocycles. The molecule has 0 aromatic heterocycles. The molecule has 6 heteroatoms. The minimum Gasteiger partial charge on any atom is -0.350 e. The van der Waals surface area contributed by atoms with E-state index in [0.717, 1.165) is 29.3 Å². The Bertz CT molecular complexity index is 732. The highest BCUT2D eigenvalue weighted by Crippen LogP contribution is 2.08. The molecule has 2 aromatic carbocycles. The summed E-state index contributed by atoms with van der Waals surface area (Å²) in [5, 5.41) is 5.04. The van der Waals surface area contributed by atoms with E-state index in [9.17, 15) is 18.4 Å². The molecule has 0 aliphatic carbocycles. The Kier molecular flexibility index (Phi) is 5.41. The second kappa shape index (κ2) is 7.49. The number of carbonyl (C=O) groups is 2. The van der Waals surface area contributed by atoms with Crippen LogP contribution in [0, 0.1) is 18.6 Å². The van der Waals surface area contributed by atoms with E-state index >= 15 is 0 Å². The minimum atomic E-state index is -1.11. The number of rotatable bonds is 5. The van der Waals surface area contributed by atoms with Crippen LogP contribution in [0.3, 0.4) is 0 Å². The van der Waals surface area contributed by atoms with Crippen LogP contribution in [-0.2, 0) is 11.3 Å². The van der Waals surface area contributed by atoms with Crippen LogP contribution in [0.1, 0.15) is 21.5 Å². The smallest absolute Gasteiger partial charge is 0.251 e. The van der Waals surface area contributed by atoms with Crippen molar-refractivity contribution < 1.29 is 18.4 Å². The summed E-state index contributed by atoms with van der Waals surface area (Å²) < 4.78 is 25.8. The number of nitrogens with one attached hydrogen (secondary N) is 2. The maximum absolute atomic E-state index is 13.1. The Morgan fingerprint density at radius 3 is 2.43 bits per heavy atom. The van der Waals surface area contributed by atoms with Crippen LogP contribution in [0.15, 0.2) is 42.5 Å². The number of amides is 2. The fourth-order valence-corrected chi connectivity index (χ4v) is 1.96. The number of hydrogen-bond acceptors (Lipinski definition) is 2. The molecule has 120 valence electrons. The molecule has 2 N–H and O–H groups in total. The topological polar surface area (TPSA) is 58.2 Å². The molecule has 0 spiro atoms. The third kappa shape index (κ3) is 4.60. The standard InChI is InChI=1S/C17H16F2N2O2/c1-11-4-2-3-5-13(11)9-20-16(22)10-21-17(23)12-6-7-14(18)15(19)8-12/h2-8H,9-10H2,1H3,(H,20,22)(H,21,23). The van der Waals surface area contributed by atoms with E-state index in [1.165, 1.54) is 0 Å². The Labute approximate surface area is 132 Å². The predicted octanol–water partition coefficient (Wildman–Crippen LogP) is 2.32. The molecule has 0 saturated heterocycles. The summed E-state index contributed by atoms with van der Waals surface area (Å²) in [7, 11) is 0. The van der Waals surface area contributed by atoms with Gasteiger partial charge in [0.05, 0.1) is 6.54 Å². The number of carbonyl (C=O) groups excluding carboxylic acids is 2. The molecule has 2 rings (SSSR count). The van der Waals surface area contributed by atoms with Crippen molar-refractivity contribution in [3.63, 3.8) is 0 Å². The zero-order chi connectivity index (χ0) is 16.8. The Morgan fingerprint density at radius 2 is 1.74 bits per heavy atom. The van der Waals surface area contributed by atoms with Gasteiger partial charge in [-0.1, -0.05) is 24.3 Å². The molecule has 0 aliphatic heterocycles. The second-order valence-electron chi connectivity index (χ2n) is 5.01. The molecule has 4 nitrogen and oxygen atoms in total. The number of hydrogen-bond donors (Lipinski definition) is 2. The molecule has 0 atom stereocenters. The van der Waals surface area contributed by atoms with E-state index in [2.05, 4.69) is 10.6 Å². The quantitative estimate of drug-likeness (QED) is 0.889. The Hall–Kier alpha value is -2.76. The SMILES string of the molecule is Cc1ccccc1CNC(=O)CNC(=O)c1ccc(F)c(F)c1.